The van der Waals surface area contributed by atoms with Crippen LogP contribution in [-0.2, 0) is 0 Å². The summed E-state index contributed by atoms with van der Waals surface area (Å²) in [6, 6.07) is 4.73. The van der Waals surface area contributed by atoms with Crippen LogP contribution >= 0.6 is 35.0 Å². The Hall–Kier alpha value is -0.260. The highest BCUT2D eigenvalue weighted by molar-refractivity contribution is 8.00. The number of aliphatic hydroxyl groups excluding tert-OH is 2. The minimum Gasteiger partial charge on any atom is -0.394 e. The Morgan fingerprint density at radius 3 is 2.67 bits per heavy atom. The highest BCUT2D eigenvalue weighted by atomic mass is 35.5. The van der Waals surface area contributed by atoms with E-state index in [4.69, 9.17) is 28.3 Å². The summed E-state index contributed by atoms with van der Waals surface area (Å²) >= 11 is 13.0. The van der Waals surface area contributed by atoms with Crippen LogP contribution in [0.15, 0.2) is 18.2 Å². The van der Waals surface area contributed by atoms with Gasteiger partial charge >= 0.3 is 0 Å². The first kappa shape index (κ1) is 15.8. The molecule has 0 aliphatic rings. The fraction of sp³-hybridized carbons (Fsp3) is 0.417. The van der Waals surface area contributed by atoms with E-state index in [-0.39, 0.29) is 17.6 Å². The molecule has 0 spiro atoms. The molecule has 0 radical (unpaired) electrons. The minimum absolute atomic E-state index is 0.119. The summed E-state index contributed by atoms with van der Waals surface area (Å²) in [4.78, 5) is 12.1. The van der Waals surface area contributed by atoms with Crippen LogP contribution in [0, 0.1) is 0 Å². The van der Waals surface area contributed by atoms with Gasteiger partial charge in [0, 0.05) is 16.3 Å². The van der Waals surface area contributed by atoms with Crippen molar-refractivity contribution in [3.05, 3.63) is 33.8 Å². The Morgan fingerprint density at radius 1 is 1.44 bits per heavy atom. The number of ketones is 1. The fourth-order valence-corrected chi connectivity index (χ4v) is 2.69. The van der Waals surface area contributed by atoms with Crippen LogP contribution in [0.5, 0.6) is 0 Å². The zero-order chi connectivity index (χ0) is 13.7. The number of carbonyl (C=O) groups is 1. The standard InChI is InChI=1S/C12H14Cl2O3S/c1-7(18-6-9(16)5-15)12(17)10-3-2-8(13)4-11(10)14/h2-4,7,9,15-16H,5-6H2,1H3. The zero-order valence-electron chi connectivity index (χ0n) is 9.77. The second-order valence-electron chi connectivity index (χ2n) is 3.80. The number of rotatable bonds is 6. The Bertz CT molecular complexity index is 426. The number of hydrogen-bond donors (Lipinski definition) is 2. The van der Waals surface area contributed by atoms with E-state index in [0.717, 1.165) is 0 Å². The number of thioether (sulfide) groups is 1. The molecule has 0 aliphatic carbocycles. The molecule has 100 valence electrons. The first-order valence-corrected chi connectivity index (χ1v) is 7.16. The largest absolute Gasteiger partial charge is 0.394 e. The van der Waals surface area contributed by atoms with Crippen LogP contribution in [0.25, 0.3) is 0 Å². The third-order valence-electron chi connectivity index (χ3n) is 2.32. The average molecular weight is 309 g/mol. The summed E-state index contributed by atoms with van der Waals surface area (Å²) in [5.74, 6) is 0.182. The molecular formula is C12H14Cl2O3S. The van der Waals surface area contributed by atoms with Gasteiger partial charge in [-0.1, -0.05) is 23.2 Å². The van der Waals surface area contributed by atoms with Gasteiger partial charge in [0.1, 0.15) is 0 Å². The first-order chi connectivity index (χ1) is 8.45. The van der Waals surface area contributed by atoms with Crippen LogP contribution < -0.4 is 0 Å². The van der Waals surface area contributed by atoms with Crippen molar-refractivity contribution in [1.82, 2.24) is 0 Å². The molecule has 2 atom stereocenters. The van der Waals surface area contributed by atoms with E-state index in [1.807, 2.05) is 0 Å². The van der Waals surface area contributed by atoms with Crippen molar-refractivity contribution in [3.63, 3.8) is 0 Å². The van der Waals surface area contributed by atoms with E-state index in [0.29, 0.717) is 21.4 Å². The van der Waals surface area contributed by atoms with Gasteiger partial charge in [0.05, 0.1) is 23.0 Å². The summed E-state index contributed by atoms with van der Waals surface area (Å²) < 4.78 is 0. The molecule has 18 heavy (non-hydrogen) atoms. The van der Waals surface area contributed by atoms with Crippen LogP contribution in [0.2, 0.25) is 10.0 Å². The third kappa shape index (κ3) is 4.44. The lowest BCUT2D eigenvalue weighted by Crippen LogP contribution is -2.20. The average Bonchev–Trinajstić information content (AvgIpc) is 2.34. The smallest absolute Gasteiger partial charge is 0.177 e. The molecule has 0 heterocycles. The normalized spacial score (nSPS) is 14.3. The minimum atomic E-state index is -0.814. The van der Waals surface area contributed by atoms with Crippen LogP contribution in [0.1, 0.15) is 17.3 Å². The molecule has 1 aromatic carbocycles. The molecular weight excluding hydrogens is 295 g/mol. The van der Waals surface area contributed by atoms with Crippen molar-refractivity contribution in [2.75, 3.05) is 12.4 Å². The summed E-state index contributed by atoms with van der Waals surface area (Å²) in [7, 11) is 0. The lowest BCUT2D eigenvalue weighted by atomic mass is 10.1. The molecule has 0 aliphatic heterocycles. The first-order valence-electron chi connectivity index (χ1n) is 5.35. The van der Waals surface area contributed by atoms with Gasteiger partial charge in [-0.3, -0.25) is 4.79 Å². The molecule has 3 nitrogen and oxygen atoms in total. The van der Waals surface area contributed by atoms with E-state index in [1.165, 1.54) is 17.8 Å². The van der Waals surface area contributed by atoms with Gasteiger partial charge in [-0.25, -0.2) is 0 Å². The van der Waals surface area contributed by atoms with Gasteiger partial charge in [-0.15, -0.1) is 11.8 Å². The summed E-state index contributed by atoms with van der Waals surface area (Å²) in [6.45, 7) is 1.43. The molecule has 0 bridgehead atoms. The van der Waals surface area contributed by atoms with E-state index in [1.54, 1.807) is 19.1 Å². The van der Waals surface area contributed by atoms with E-state index < -0.39 is 6.10 Å². The maximum Gasteiger partial charge on any atom is 0.177 e. The van der Waals surface area contributed by atoms with E-state index >= 15 is 0 Å². The van der Waals surface area contributed by atoms with Gasteiger partial charge in [-0.2, -0.15) is 0 Å². The van der Waals surface area contributed by atoms with Gasteiger partial charge in [0.25, 0.3) is 0 Å². The number of benzene rings is 1. The van der Waals surface area contributed by atoms with E-state index in [9.17, 15) is 9.90 Å². The predicted octanol–water partition coefficient (Wildman–Crippen LogP) is 2.65. The van der Waals surface area contributed by atoms with Crippen molar-refractivity contribution < 1.29 is 15.0 Å². The topological polar surface area (TPSA) is 57.5 Å². The summed E-state index contributed by atoms with van der Waals surface area (Å²) in [6.07, 6.45) is -0.814. The lowest BCUT2D eigenvalue weighted by Gasteiger charge is -2.13. The number of carbonyl (C=O) groups excluding carboxylic acids is 1. The quantitative estimate of drug-likeness (QED) is 0.793. The second kappa shape index (κ2) is 7.36. The predicted molar refractivity (Wildman–Crippen MR) is 75.8 cm³/mol. The molecule has 1 aromatic rings. The maximum absolute atomic E-state index is 12.1. The Labute approximate surface area is 120 Å². The van der Waals surface area contributed by atoms with Crippen LogP contribution in [0.3, 0.4) is 0 Å². The molecule has 0 aromatic heterocycles. The second-order valence-corrected chi connectivity index (χ2v) is 6.02. The molecule has 2 unspecified atom stereocenters. The molecule has 6 heteroatoms. The Morgan fingerprint density at radius 2 is 2.11 bits per heavy atom. The Balaban J connectivity index is 2.68. The van der Waals surface area contributed by atoms with E-state index in [2.05, 4.69) is 0 Å². The zero-order valence-corrected chi connectivity index (χ0v) is 12.1. The van der Waals surface area contributed by atoms with Crippen molar-refractivity contribution >= 4 is 40.7 Å². The van der Waals surface area contributed by atoms with Crippen LogP contribution in [0.4, 0.5) is 0 Å². The van der Waals surface area contributed by atoms with Crippen molar-refractivity contribution in [2.24, 2.45) is 0 Å². The van der Waals surface area contributed by atoms with Gasteiger partial charge in [-0.05, 0) is 25.1 Å². The molecule has 0 saturated heterocycles. The van der Waals surface area contributed by atoms with Gasteiger partial charge in [0.15, 0.2) is 5.78 Å². The Kier molecular flexibility index (Phi) is 6.46. The van der Waals surface area contributed by atoms with Crippen LogP contribution in [-0.4, -0.2) is 39.7 Å². The van der Waals surface area contributed by atoms with Crippen molar-refractivity contribution in [3.8, 4) is 0 Å². The molecule has 0 saturated carbocycles. The SMILES string of the molecule is CC(SCC(O)CO)C(=O)c1ccc(Cl)cc1Cl. The number of aliphatic hydroxyl groups is 2. The molecule has 1 rings (SSSR count). The van der Waals surface area contributed by atoms with Crippen molar-refractivity contribution in [2.45, 2.75) is 18.3 Å². The summed E-state index contributed by atoms with van der Waals surface area (Å²) in [5, 5.41) is 18.4. The highest BCUT2D eigenvalue weighted by Crippen LogP contribution is 2.25. The lowest BCUT2D eigenvalue weighted by molar-refractivity contribution is 0.0992. The van der Waals surface area contributed by atoms with Crippen molar-refractivity contribution in [1.29, 1.82) is 0 Å². The molecule has 0 amide bonds. The highest BCUT2D eigenvalue weighted by Gasteiger charge is 2.19. The van der Waals surface area contributed by atoms with Gasteiger partial charge in [0.2, 0.25) is 0 Å². The fourth-order valence-electron chi connectivity index (χ4n) is 1.29. The number of halogens is 2. The summed E-state index contributed by atoms with van der Waals surface area (Å²) in [5.41, 5.74) is 0.416. The maximum atomic E-state index is 12.1. The molecule has 0 fully saturated rings. The van der Waals surface area contributed by atoms with Gasteiger partial charge < -0.3 is 10.2 Å². The number of Topliss-reactive ketones (excluding diaryl/α,β-unsaturated/α-hetero) is 1. The number of hydrogen-bond acceptors (Lipinski definition) is 4. The third-order valence-corrected chi connectivity index (χ3v) is 4.15. The monoisotopic (exact) mass is 308 g/mol. The molecule has 2 N–H and O–H groups in total.